The zero-order valence-corrected chi connectivity index (χ0v) is 34.6. The molecular formula is C42H73ClN4O6. The number of rotatable bonds is 13. The molecule has 0 aromatic rings. The van der Waals surface area contributed by atoms with Gasteiger partial charge >= 0.3 is 0 Å². The van der Waals surface area contributed by atoms with Crippen LogP contribution in [0.4, 0.5) is 0 Å². The molecule has 11 heteroatoms. The molecule has 0 radical (unpaired) electrons. The molecule has 10 nitrogen and oxygen atoms in total. The number of aliphatic hydroxyl groups is 2. The van der Waals surface area contributed by atoms with Gasteiger partial charge in [-0.25, -0.2) is 0 Å². The van der Waals surface area contributed by atoms with Crippen molar-refractivity contribution in [3.05, 3.63) is 0 Å². The number of amides is 2. The first-order chi connectivity index (χ1) is 25.2. The van der Waals surface area contributed by atoms with Gasteiger partial charge in [-0.15, -0.1) is 11.6 Å². The molecule has 0 aromatic heterocycles. The van der Waals surface area contributed by atoms with Gasteiger partial charge in [-0.3, -0.25) is 14.4 Å². The number of hydrogen-bond donors (Lipinski definition) is 4. The fourth-order valence-electron chi connectivity index (χ4n) is 12.4. The number of halogens is 1. The summed E-state index contributed by atoms with van der Waals surface area (Å²) in [7, 11) is 6.08. The Hall–Kier alpha value is -1.01. The van der Waals surface area contributed by atoms with Crippen LogP contribution in [0, 0.1) is 58.7 Å². The highest BCUT2D eigenvalue weighted by atomic mass is 35.5. The molecule has 304 valence electrons. The first-order valence-corrected chi connectivity index (χ1v) is 21.8. The van der Waals surface area contributed by atoms with Gasteiger partial charge < -0.3 is 30.5 Å². The van der Waals surface area contributed by atoms with E-state index in [2.05, 4.69) is 50.4 Å². The van der Waals surface area contributed by atoms with Crippen molar-refractivity contribution >= 4 is 23.4 Å². The van der Waals surface area contributed by atoms with E-state index >= 15 is 0 Å². The minimum absolute atomic E-state index is 0.0245. The van der Waals surface area contributed by atoms with Crippen molar-refractivity contribution in [1.82, 2.24) is 20.6 Å². The van der Waals surface area contributed by atoms with Gasteiger partial charge in [0.05, 0.1) is 18.8 Å². The van der Waals surface area contributed by atoms with E-state index in [0.717, 1.165) is 83.6 Å². The maximum atomic E-state index is 14.3. The second-order valence-electron chi connectivity index (χ2n) is 19.3. The Balaban J connectivity index is 1.12. The Labute approximate surface area is 325 Å². The van der Waals surface area contributed by atoms with Gasteiger partial charge in [0.15, 0.2) is 0 Å². The maximum absolute atomic E-state index is 14.3. The van der Waals surface area contributed by atoms with Gasteiger partial charge in [0, 0.05) is 55.4 Å². The molecule has 1 saturated heterocycles. The number of nitrogens with one attached hydrogen (secondary N) is 2. The standard InChI is InChI=1S/C42H73ClN4O6/c1-24-34-20-30(42(34,3)4)21-35(24)45-41(51)38-37(25(2)49)36(23-48)53-47(38)22-27-9-8-10-33(39(27)52-7)28-17-29(19-32(18-28)46(5)6)40(50)44-16-15-26-11-13-31(43)14-12-26/h24-39,48-49H,8-23H2,1-7H3,(H,44,50)(H,45,51)/t24-,25-,26?,27?,28?,29?,30+,31?,32?,33?,34-,35-,36-,37+,38-,39?/m0/s1. The highest BCUT2D eigenvalue weighted by Gasteiger charge is 2.58. The van der Waals surface area contributed by atoms with E-state index in [1.807, 2.05) is 7.11 Å². The second-order valence-corrected chi connectivity index (χ2v) is 19.9. The predicted molar refractivity (Wildman–Crippen MR) is 208 cm³/mol. The van der Waals surface area contributed by atoms with Crippen molar-refractivity contribution in [2.24, 2.45) is 58.7 Å². The van der Waals surface area contributed by atoms with E-state index < -0.39 is 24.2 Å². The molecule has 0 spiro atoms. The van der Waals surface area contributed by atoms with E-state index in [0.29, 0.717) is 53.0 Å². The molecule has 14 atom stereocenters. The van der Waals surface area contributed by atoms with E-state index in [1.165, 1.54) is 6.42 Å². The number of hydroxylamine groups is 2. The zero-order chi connectivity index (χ0) is 38.2. The van der Waals surface area contributed by atoms with Crippen LogP contribution in [0.1, 0.15) is 111 Å². The van der Waals surface area contributed by atoms with Crippen LogP contribution in [-0.4, -0.2) is 115 Å². The summed E-state index contributed by atoms with van der Waals surface area (Å²) in [6, 6.07) is -0.275. The third-order valence-corrected chi connectivity index (χ3v) is 16.2. The number of fused-ring (bicyclic) bond motifs is 2. The Morgan fingerprint density at radius 2 is 1.77 bits per heavy atom. The van der Waals surface area contributed by atoms with Crippen LogP contribution < -0.4 is 10.6 Å². The number of aliphatic hydroxyl groups excluding tert-OH is 2. The number of alkyl halides is 1. The van der Waals surface area contributed by atoms with Gasteiger partial charge in [-0.2, -0.15) is 5.06 Å². The summed E-state index contributed by atoms with van der Waals surface area (Å²) in [5, 5.41) is 30.2. The quantitative estimate of drug-likeness (QED) is 0.188. The van der Waals surface area contributed by atoms with Crippen molar-refractivity contribution in [3.8, 4) is 0 Å². The van der Waals surface area contributed by atoms with Crippen molar-refractivity contribution in [1.29, 1.82) is 0 Å². The number of hydrogen-bond acceptors (Lipinski definition) is 8. The third-order valence-electron chi connectivity index (χ3n) is 15.8. The predicted octanol–water partition coefficient (Wildman–Crippen LogP) is 5.23. The smallest absolute Gasteiger partial charge is 0.240 e. The van der Waals surface area contributed by atoms with Crippen LogP contribution in [0.25, 0.3) is 0 Å². The average Bonchev–Trinajstić information content (AvgIpc) is 3.51. The van der Waals surface area contributed by atoms with Crippen molar-refractivity contribution in [2.45, 2.75) is 153 Å². The van der Waals surface area contributed by atoms with Crippen molar-refractivity contribution < 1.29 is 29.4 Å². The molecule has 1 aliphatic heterocycles. The van der Waals surface area contributed by atoms with Gasteiger partial charge in [-0.05, 0) is 139 Å². The monoisotopic (exact) mass is 765 g/mol. The first kappa shape index (κ1) is 41.6. The fraction of sp³-hybridized carbons (Fsp3) is 0.952. The molecule has 7 aliphatic rings. The molecule has 6 unspecified atom stereocenters. The molecule has 0 aromatic carbocycles. The number of nitrogens with zero attached hydrogens (tertiary/aromatic N) is 2. The molecule has 7 fully saturated rings. The zero-order valence-electron chi connectivity index (χ0n) is 33.9. The maximum Gasteiger partial charge on any atom is 0.240 e. The Morgan fingerprint density at radius 1 is 1.04 bits per heavy atom. The lowest BCUT2D eigenvalue weighted by Gasteiger charge is -2.62. The largest absolute Gasteiger partial charge is 0.394 e. The molecule has 2 bridgehead atoms. The Morgan fingerprint density at radius 3 is 2.40 bits per heavy atom. The molecule has 2 amide bonds. The van der Waals surface area contributed by atoms with Crippen LogP contribution in [-0.2, 0) is 19.2 Å². The van der Waals surface area contributed by atoms with E-state index in [-0.39, 0.29) is 48.3 Å². The lowest BCUT2D eigenvalue weighted by molar-refractivity contribution is -0.193. The van der Waals surface area contributed by atoms with Crippen molar-refractivity contribution in [2.75, 3.05) is 40.9 Å². The van der Waals surface area contributed by atoms with Gasteiger partial charge in [-0.1, -0.05) is 27.2 Å². The van der Waals surface area contributed by atoms with Crippen LogP contribution in [0.3, 0.4) is 0 Å². The summed E-state index contributed by atoms with van der Waals surface area (Å²) in [4.78, 5) is 36.7. The third kappa shape index (κ3) is 8.94. The van der Waals surface area contributed by atoms with Crippen LogP contribution >= 0.6 is 11.6 Å². The number of ether oxygens (including phenoxy) is 1. The van der Waals surface area contributed by atoms with E-state index in [1.54, 1.807) is 12.0 Å². The summed E-state index contributed by atoms with van der Waals surface area (Å²) in [5.74, 6) is 2.51. The summed E-state index contributed by atoms with van der Waals surface area (Å²) in [6.45, 7) is 9.68. The molecule has 1 heterocycles. The van der Waals surface area contributed by atoms with Crippen LogP contribution in [0.2, 0.25) is 0 Å². The van der Waals surface area contributed by atoms with Gasteiger partial charge in [0.1, 0.15) is 12.1 Å². The van der Waals surface area contributed by atoms with Crippen molar-refractivity contribution in [3.63, 3.8) is 0 Å². The SMILES string of the molecule is COC1C(CN2O[C@@H](CO)[C@@H]([C@H](C)O)[C@H]2C(=O)N[C@H]2C[C@H]3C[C@@H]([C@@H]2C)C3(C)C)CCCC1C1CC(C(=O)NCCC2CCC(Cl)CC2)CC(N(C)C)C1. The molecule has 6 aliphatic carbocycles. The number of carbonyl (C=O) groups is 2. The lowest BCUT2D eigenvalue weighted by atomic mass is 9.45. The minimum atomic E-state index is -0.824. The molecular weight excluding hydrogens is 692 g/mol. The molecule has 6 saturated carbocycles. The molecule has 53 heavy (non-hydrogen) atoms. The van der Waals surface area contributed by atoms with E-state index in [4.69, 9.17) is 21.2 Å². The topological polar surface area (TPSA) is 124 Å². The van der Waals surface area contributed by atoms with Gasteiger partial charge in [0.2, 0.25) is 11.8 Å². The lowest BCUT2D eigenvalue weighted by Crippen LogP contribution is -2.62. The van der Waals surface area contributed by atoms with E-state index in [9.17, 15) is 19.8 Å². The normalized spacial score (nSPS) is 43.6. The highest BCUT2D eigenvalue weighted by molar-refractivity contribution is 6.20. The second kappa shape index (κ2) is 17.6. The summed E-state index contributed by atoms with van der Waals surface area (Å²) < 4.78 is 6.40. The van der Waals surface area contributed by atoms with Crippen LogP contribution in [0.5, 0.6) is 0 Å². The Kier molecular flexibility index (Phi) is 13.9. The number of carbonyl (C=O) groups excluding carboxylic acids is 2. The Bertz CT molecular complexity index is 1230. The summed E-state index contributed by atoms with van der Waals surface area (Å²) in [6.07, 6.45) is 12.0. The summed E-state index contributed by atoms with van der Waals surface area (Å²) >= 11 is 6.33. The van der Waals surface area contributed by atoms with Gasteiger partial charge in [0.25, 0.3) is 0 Å². The summed E-state index contributed by atoms with van der Waals surface area (Å²) in [5.41, 5.74) is 0.318. The fourth-order valence-corrected chi connectivity index (χ4v) is 12.6. The minimum Gasteiger partial charge on any atom is -0.394 e. The average molecular weight is 766 g/mol. The first-order valence-electron chi connectivity index (χ1n) is 21.4. The highest BCUT2D eigenvalue weighted by Crippen LogP contribution is 2.61. The molecule has 7 rings (SSSR count). The van der Waals surface area contributed by atoms with Crippen LogP contribution in [0.15, 0.2) is 0 Å². The molecule has 4 N–H and O–H groups in total. The number of methoxy groups -OCH3 is 1.